The summed E-state index contributed by atoms with van der Waals surface area (Å²) in [6.07, 6.45) is 0. The predicted molar refractivity (Wildman–Crippen MR) is 79.1 cm³/mol. The molecule has 0 aliphatic heterocycles. The van der Waals surface area contributed by atoms with Crippen molar-refractivity contribution in [3.05, 3.63) is 59.6 Å². The van der Waals surface area contributed by atoms with Crippen molar-refractivity contribution in [3.8, 4) is 11.1 Å². The molecule has 0 saturated heterocycles. The summed E-state index contributed by atoms with van der Waals surface area (Å²) in [6.45, 7) is 5.67. The lowest BCUT2D eigenvalue weighted by Crippen LogP contribution is -1.84. The zero-order chi connectivity index (χ0) is 13.2. The molecule has 2 heteroatoms. The summed E-state index contributed by atoms with van der Waals surface area (Å²) in [7, 11) is 0. The third kappa shape index (κ3) is 5.35. The van der Waals surface area contributed by atoms with Crippen LogP contribution in [-0.4, -0.2) is 13.2 Å². The van der Waals surface area contributed by atoms with Crippen LogP contribution >= 0.6 is 11.6 Å². The maximum atomic E-state index is 5.80. The first-order chi connectivity index (χ1) is 8.77. The molecule has 0 N–H and O–H groups in total. The van der Waals surface area contributed by atoms with Crippen LogP contribution in [0.1, 0.15) is 13.8 Å². The summed E-state index contributed by atoms with van der Waals surface area (Å²) in [4.78, 5) is 0. The summed E-state index contributed by atoms with van der Waals surface area (Å²) < 4.78 is 4.83. The second kappa shape index (κ2) is 8.73. The number of hydrogen-bond donors (Lipinski definition) is 0. The summed E-state index contributed by atoms with van der Waals surface area (Å²) in [5.41, 5.74) is 2.42. The van der Waals surface area contributed by atoms with Gasteiger partial charge in [-0.05, 0) is 37.1 Å². The molecule has 0 spiro atoms. The van der Waals surface area contributed by atoms with Gasteiger partial charge in [0.1, 0.15) is 0 Å². The molecule has 0 radical (unpaired) electrons. The molecule has 2 aromatic rings. The summed E-state index contributed by atoms with van der Waals surface area (Å²) in [6, 6.07) is 18.1. The lowest BCUT2D eigenvalue weighted by atomic mass is 10.1. The molecule has 2 rings (SSSR count). The predicted octanol–water partition coefficient (Wildman–Crippen LogP) is 5.05. The Morgan fingerprint density at radius 3 is 1.72 bits per heavy atom. The number of rotatable bonds is 3. The molecular weight excluding hydrogens is 244 g/mol. The van der Waals surface area contributed by atoms with E-state index in [-0.39, 0.29) is 0 Å². The molecule has 0 heterocycles. The van der Waals surface area contributed by atoms with E-state index in [0.29, 0.717) is 0 Å². The van der Waals surface area contributed by atoms with E-state index in [0.717, 1.165) is 18.2 Å². The minimum atomic E-state index is 0.777. The first kappa shape index (κ1) is 14.7. The van der Waals surface area contributed by atoms with Crippen molar-refractivity contribution in [1.82, 2.24) is 0 Å². The van der Waals surface area contributed by atoms with Crippen molar-refractivity contribution in [3.63, 3.8) is 0 Å². The average Bonchev–Trinajstić information content (AvgIpc) is 2.42. The van der Waals surface area contributed by atoms with Crippen LogP contribution in [0.4, 0.5) is 0 Å². The lowest BCUT2D eigenvalue weighted by Gasteiger charge is -2.00. The fourth-order valence-electron chi connectivity index (χ4n) is 1.48. The number of benzene rings is 2. The number of hydrogen-bond acceptors (Lipinski definition) is 1. The van der Waals surface area contributed by atoms with Gasteiger partial charge in [-0.3, -0.25) is 0 Å². The molecule has 1 nitrogen and oxygen atoms in total. The SMILES string of the molecule is CCOCC.Clc1ccc(-c2ccccc2)cc1. The molecule has 0 aliphatic carbocycles. The van der Waals surface area contributed by atoms with Gasteiger partial charge in [-0.2, -0.15) is 0 Å². The smallest absolute Gasteiger partial charge is 0.0437 e. The Balaban J connectivity index is 0.000000280. The van der Waals surface area contributed by atoms with E-state index >= 15 is 0 Å². The quantitative estimate of drug-likeness (QED) is 0.752. The Labute approximate surface area is 114 Å². The van der Waals surface area contributed by atoms with Gasteiger partial charge < -0.3 is 4.74 Å². The van der Waals surface area contributed by atoms with E-state index in [1.165, 1.54) is 11.1 Å². The van der Waals surface area contributed by atoms with E-state index in [1.807, 2.05) is 56.3 Å². The van der Waals surface area contributed by atoms with Crippen LogP contribution in [0.15, 0.2) is 54.6 Å². The Morgan fingerprint density at radius 1 is 0.778 bits per heavy atom. The first-order valence-electron chi connectivity index (χ1n) is 6.16. The van der Waals surface area contributed by atoms with E-state index < -0.39 is 0 Å². The maximum absolute atomic E-state index is 5.80. The molecule has 0 unspecified atom stereocenters. The molecule has 0 fully saturated rings. The lowest BCUT2D eigenvalue weighted by molar-refractivity contribution is 0.162. The molecule has 0 aliphatic rings. The highest BCUT2D eigenvalue weighted by Crippen LogP contribution is 2.20. The monoisotopic (exact) mass is 262 g/mol. The summed E-state index contributed by atoms with van der Waals surface area (Å²) in [5, 5.41) is 0.777. The molecule has 18 heavy (non-hydrogen) atoms. The summed E-state index contributed by atoms with van der Waals surface area (Å²) >= 11 is 5.80. The second-order valence-electron chi connectivity index (χ2n) is 3.65. The zero-order valence-corrected chi connectivity index (χ0v) is 11.7. The van der Waals surface area contributed by atoms with Crippen LogP contribution < -0.4 is 0 Å². The van der Waals surface area contributed by atoms with Crippen molar-refractivity contribution >= 4 is 11.6 Å². The highest BCUT2D eigenvalue weighted by molar-refractivity contribution is 6.30. The van der Waals surface area contributed by atoms with E-state index in [1.54, 1.807) is 0 Å². The summed E-state index contributed by atoms with van der Waals surface area (Å²) in [5.74, 6) is 0. The molecule has 0 atom stereocenters. The van der Waals surface area contributed by atoms with E-state index in [2.05, 4.69) is 12.1 Å². The minimum Gasteiger partial charge on any atom is -0.382 e. The Bertz CT molecular complexity index is 421. The third-order valence-corrected chi connectivity index (χ3v) is 2.61. The van der Waals surface area contributed by atoms with Gasteiger partial charge in [0, 0.05) is 18.2 Å². The maximum Gasteiger partial charge on any atom is 0.0437 e. The van der Waals surface area contributed by atoms with Gasteiger partial charge in [0.05, 0.1) is 0 Å². The van der Waals surface area contributed by atoms with Gasteiger partial charge in [0.25, 0.3) is 0 Å². The van der Waals surface area contributed by atoms with Crippen molar-refractivity contribution in [2.45, 2.75) is 13.8 Å². The highest BCUT2D eigenvalue weighted by atomic mass is 35.5. The van der Waals surface area contributed by atoms with Crippen LogP contribution in [0.2, 0.25) is 5.02 Å². The van der Waals surface area contributed by atoms with Gasteiger partial charge in [0.15, 0.2) is 0 Å². The standard InChI is InChI=1S/C12H9Cl.C4H10O/c13-12-8-6-11(7-9-12)10-4-2-1-3-5-10;1-3-5-4-2/h1-9H;3-4H2,1-2H3. The van der Waals surface area contributed by atoms with Gasteiger partial charge in [-0.15, -0.1) is 0 Å². The Kier molecular flexibility index (Phi) is 7.16. The second-order valence-corrected chi connectivity index (χ2v) is 4.09. The van der Waals surface area contributed by atoms with Gasteiger partial charge >= 0.3 is 0 Å². The van der Waals surface area contributed by atoms with E-state index in [9.17, 15) is 0 Å². The molecule has 0 saturated carbocycles. The zero-order valence-electron chi connectivity index (χ0n) is 10.9. The molecule has 0 bridgehead atoms. The minimum absolute atomic E-state index is 0.777. The number of ether oxygens (including phenoxy) is 1. The van der Waals surface area contributed by atoms with Crippen molar-refractivity contribution in [2.24, 2.45) is 0 Å². The largest absolute Gasteiger partial charge is 0.382 e. The van der Waals surface area contributed by atoms with Crippen molar-refractivity contribution in [1.29, 1.82) is 0 Å². The third-order valence-electron chi connectivity index (χ3n) is 2.36. The Hall–Kier alpha value is -1.31. The molecule has 0 amide bonds. The topological polar surface area (TPSA) is 9.23 Å². The van der Waals surface area contributed by atoms with Gasteiger partial charge in [-0.25, -0.2) is 0 Å². The molecule has 96 valence electrons. The van der Waals surface area contributed by atoms with E-state index in [4.69, 9.17) is 16.3 Å². The average molecular weight is 263 g/mol. The fraction of sp³-hybridized carbons (Fsp3) is 0.250. The fourth-order valence-corrected chi connectivity index (χ4v) is 1.60. The van der Waals surface area contributed by atoms with Crippen molar-refractivity contribution < 1.29 is 4.74 Å². The highest BCUT2D eigenvalue weighted by Gasteiger charge is 1.94. The van der Waals surface area contributed by atoms with Crippen LogP contribution in [0, 0.1) is 0 Å². The number of halogens is 1. The molecular formula is C16H19ClO. The molecule has 2 aromatic carbocycles. The van der Waals surface area contributed by atoms with Crippen LogP contribution in [0.5, 0.6) is 0 Å². The van der Waals surface area contributed by atoms with Crippen molar-refractivity contribution in [2.75, 3.05) is 13.2 Å². The van der Waals surface area contributed by atoms with Crippen LogP contribution in [0.25, 0.3) is 11.1 Å². The first-order valence-corrected chi connectivity index (χ1v) is 6.54. The Morgan fingerprint density at radius 2 is 1.28 bits per heavy atom. The normalized spacial score (nSPS) is 9.50. The van der Waals surface area contributed by atoms with Gasteiger partial charge in [0.2, 0.25) is 0 Å². The van der Waals surface area contributed by atoms with Gasteiger partial charge in [-0.1, -0.05) is 54.1 Å². The van der Waals surface area contributed by atoms with Crippen LogP contribution in [0.3, 0.4) is 0 Å². The van der Waals surface area contributed by atoms with Crippen LogP contribution in [-0.2, 0) is 4.74 Å². The molecule has 0 aromatic heterocycles.